The maximum absolute atomic E-state index is 14.1. The second-order valence-corrected chi connectivity index (χ2v) is 5.52. The van der Waals surface area contributed by atoms with Gasteiger partial charge >= 0.3 is 0 Å². The van der Waals surface area contributed by atoms with Crippen molar-refractivity contribution < 1.29 is 9.13 Å². The van der Waals surface area contributed by atoms with E-state index in [1.807, 2.05) is 25.1 Å². The topological polar surface area (TPSA) is 9.23 Å². The van der Waals surface area contributed by atoms with Crippen LogP contribution in [0.3, 0.4) is 0 Å². The summed E-state index contributed by atoms with van der Waals surface area (Å²) in [5.41, 5.74) is 2.36. The summed E-state index contributed by atoms with van der Waals surface area (Å²) < 4.78 is 19.0. The molecule has 19 heavy (non-hydrogen) atoms. The summed E-state index contributed by atoms with van der Waals surface area (Å²) in [6.45, 7) is 1.93. The summed E-state index contributed by atoms with van der Waals surface area (Å²) in [7, 11) is 1.51. The molecule has 2 rings (SSSR count). The lowest BCUT2D eigenvalue weighted by Crippen LogP contribution is -1.99. The zero-order valence-electron chi connectivity index (χ0n) is 10.6. The Morgan fingerprint density at radius 3 is 2.58 bits per heavy atom. The maximum Gasteiger partial charge on any atom is 0.131 e. The van der Waals surface area contributed by atoms with E-state index >= 15 is 0 Å². The van der Waals surface area contributed by atoms with Crippen LogP contribution in [-0.2, 0) is 0 Å². The van der Waals surface area contributed by atoms with Gasteiger partial charge in [-0.15, -0.1) is 0 Å². The number of methoxy groups -OCH3 is 1. The summed E-state index contributed by atoms with van der Waals surface area (Å²) in [4.78, 5) is -0.286. The Morgan fingerprint density at radius 1 is 1.21 bits per heavy atom. The van der Waals surface area contributed by atoms with E-state index in [2.05, 4.69) is 15.9 Å². The molecule has 0 aliphatic rings. The number of alkyl halides is 1. The third-order valence-corrected chi connectivity index (χ3v) is 4.48. The monoisotopic (exact) mass is 342 g/mol. The van der Waals surface area contributed by atoms with Crippen molar-refractivity contribution in [3.63, 3.8) is 0 Å². The molecule has 0 aromatic heterocycles. The maximum atomic E-state index is 14.1. The van der Waals surface area contributed by atoms with Gasteiger partial charge in [-0.3, -0.25) is 0 Å². The molecular formula is C15H13BrClFO. The summed E-state index contributed by atoms with van der Waals surface area (Å²) in [6.07, 6.45) is 0. The molecule has 0 bridgehead atoms. The molecule has 0 radical (unpaired) electrons. The minimum absolute atomic E-state index is 0.286. The van der Waals surface area contributed by atoms with Crippen LogP contribution < -0.4 is 4.74 Å². The smallest absolute Gasteiger partial charge is 0.131 e. The Hall–Kier alpha value is -1.06. The molecule has 2 aromatic rings. The quantitative estimate of drug-likeness (QED) is 0.689. The first-order valence-corrected chi connectivity index (χ1v) is 7.06. The molecule has 0 N–H and O–H groups in total. The highest BCUT2D eigenvalue weighted by atomic mass is 79.9. The van der Waals surface area contributed by atoms with Crippen molar-refractivity contribution in [2.45, 2.75) is 11.8 Å². The van der Waals surface area contributed by atoms with Crippen LogP contribution >= 0.6 is 27.5 Å². The zero-order chi connectivity index (χ0) is 14.0. The van der Waals surface area contributed by atoms with Crippen LogP contribution in [0.5, 0.6) is 5.75 Å². The Kier molecular flexibility index (Phi) is 4.48. The minimum atomic E-state index is -0.321. The van der Waals surface area contributed by atoms with Gasteiger partial charge in [0, 0.05) is 16.7 Å². The molecule has 0 saturated carbocycles. The largest absolute Gasteiger partial charge is 0.497 e. The standard InChI is InChI=1S/C15H13BrClFO/c1-9-4-3-5-12(15(9)17)14(16)11-7-6-10(19-2)8-13(11)18/h3-8,14H,1-2H3. The van der Waals surface area contributed by atoms with E-state index < -0.39 is 0 Å². The molecule has 1 unspecified atom stereocenters. The lowest BCUT2D eigenvalue weighted by Gasteiger charge is -2.15. The number of hydrogen-bond acceptors (Lipinski definition) is 1. The van der Waals surface area contributed by atoms with E-state index in [9.17, 15) is 4.39 Å². The first kappa shape index (κ1) is 14.4. The molecule has 0 aliphatic carbocycles. The van der Waals surface area contributed by atoms with E-state index in [1.54, 1.807) is 12.1 Å². The van der Waals surface area contributed by atoms with E-state index in [0.29, 0.717) is 16.3 Å². The van der Waals surface area contributed by atoms with Gasteiger partial charge in [0.1, 0.15) is 11.6 Å². The lowest BCUT2D eigenvalue weighted by molar-refractivity contribution is 0.411. The Bertz CT molecular complexity index is 601. The fraction of sp³-hybridized carbons (Fsp3) is 0.200. The SMILES string of the molecule is COc1ccc(C(Br)c2cccc(C)c2Cl)c(F)c1. The van der Waals surface area contributed by atoms with Crippen molar-refractivity contribution in [3.05, 3.63) is 63.9 Å². The van der Waals surface area contributed by atoms with Crippen LogP contribution in [0.2, 0.25) is 5.02 Å². The highest BCUT2D eigenvalue weighted by Gasteiger charge is 2.18. The van der Waals surface area contributed by atoms with E-state index in [0.717, 1.165) is 11.1 Å². The second kappa shape index (κ2) is 5.93. The van der Waals surface area contributed by atoms with Crippen molar-refractivity contribution in [3.8, 4) is 5.75 Å². The van der Waals surface area contributed by atoms with Gasteiger partial charge in [0.2, 0.25) is 0 Å². The Morgan fingerprint density at radius 2 is 1.95 bits per heavy atom. The zero-order valence-corrected chi connectivity index (χ0v) is 12.9. The van der Waals surface area contributed by atoms with Crippen LogP contribution in [0.15, 0.2) is 36.4 Å². The van der Waals surface area contributed by atoms with Crippen molar-refractivity contribution >= 4 is 27.5 Å². The van der Waals surface area contributed by atoms with Gasteiger partial charge < -0.3 is 4.74 Å². The molecule has 0 aliphatic heterocycles. The Labute approximate surface area is 125 Å². The number of benzene rings is 2. The van der Waals surface area contributed by atoms with Gasteiger partial charge in [0.05, 0.1) is 11.9 Å². The molecular weight excluding hydrogens is 331 g/mol. The number of rotatable bonds is 3. The highest BCUT2D eigenvalue weighted by molar-refractivity contribution is 9.09. The van der Waals surface area contributed by atoms with Crippen molar-refractivity contribution in [1.29, 1.82) is 0 Å². The van der Waals surface area contributed by atoms with Gasteiger partial charge in [-0.05, 0) is 24.1 Å². The summed E-state index contributed by atoms with van der Waals surface area (Å²) >= 11 is 9.78. The Balaban J connectivity index is 2.44. The molecule has 0 spiro atoms. The number of ether oxygens (including phenoxy) is 1. The van der Waals surface area contributed by atoms with Gasteiger partial charge in [-0.1, -0.05) is 51.8 Å². The number of aryl methyl sites for hydroxylation is 1. The molecule has 0 saturated heterocycles. The number of hydrogen-bond donors (Lipinski definition) is 0. The predicted octanol–water partition coefficient (Wildman–Crippen LogP) is 5.28. The second-order valence-electron chi connectivity index (χ2n) is 4.23. The molecule has 2 aromatic carbocycles. The van der Waals surface area contributed by atoms with Gasteiger partial charge in [-0.2, -0.15) is 0 Å². The van der Waals surface area contributed by atoms with Crippen molar-refractivity contribution in [2.75, 3.05) is 7.11 Å². The minimum Gasteiger partial charge on any atom is -0.497 e. The highest BCUT2D eigenvalue weighted by Crippen LogP contribution is 2.38. The first-order chi connectivity index (χ1) is 9.04. The van der Waals surface area contributed by atoms with Crippen LogP contribution in [0, 0.1) is 12.7 Å². The average molecular weight is 344 g/mol. The molecule has 0 amide bonds. The normalized spacial score (nSPS) is 12.3. The first-order valence-electron chi connectivity index (χ1n) is 5.77. The van der Waals surface area contributed by atoms with Crippen LogP contribution in [0.25, 0.3) is 0 Å². The molecule has 1 nitrogen and oxygen atoms in total. The molecule has 100 valence electrons. The van der Waals surface area contributed by atoms with Crippen molar-refractivity contribution in [1.82, 2.24) is 0 Å². The summed E-state index contributed by atoms with van der Waals surface area (Å²) in [6, 6.07) is 10.5. The molecule has 0 fully saturated rings. The van der Waals surface area contributed by atoms with Crippen molar-refractivity contribution in [2.24, 2.45) is 0 Å². The fourth-order valence-electron chi connectivity index (χ4n) is 1.87. The number of halogens is 3. The van der Waals surface area contributed by atoms with E-state index in [1.165, 1.54) is 13.2 Å². The molecule has 0 heterocycles. The fourth-order valence-corrected chi connectivity index (χ4v) is 2.99. The van der Waals surface area contributed by atoms with Gasteiger partial charge in [0.15, 0.2) is 0 Å². The van der Waals surface area contributed by atoms with Gasteiger partial charge in [-0.25, -0.2) is 4.39 Å². The third-order valence-electron chi connectivity index (χ3n) is 2.98. The van der Waals surface area contributed by atoms with Crippen LogP contribution in [-0.4, -0.2) is 7.11 Å². The third kappa shape index (κ3) is 2.93. The summed E-state index contributed by atoms with van der Waals surface area (Å²) in [5, 5.41) is 0.652. The van der Waals surface area contributed by atoms with E-state index in [-0.39, 0.29) is 10.6 Å². The molecule has 1 atom stereocenters. The average Bonchev–Trinajstić information content (AvgIpc) is 2.41. The lowest BCUT2D eigenvalue weighted by atomic mass is 10.0. The van der Waals surface area contributed by atoms with Crippen LogP contribution in [0.4, 0.5) is 4.39 Å². The van der Waals surface area contributed by atoms with Crippen LogP contribution in [0.1, 0.15) is 21.5 Å². The van der Waals surface area contributed by atoms with Gasteiger partial charge in [0.25, 0.3) is 0 Å². The predicted molar refractivity (Wildman–Crippen MR) is 79.9 cm³/mol. The van der Waals surface area contributed by atoms with E-state index in [4.69, 9.17) is 16.3 Å². The summed E-state index contributed by atoms with van der Waals surface area (Å²) in [5.74, 6) is 0.176. The molecule has 4 heteroatoms.